The third-order valence-corrected chi connectivity index (χ3v) is 10.6. The molecule has 15 heteroatoms. The summed E-state index contributed by atoms with van der Waals surface area (Å²) in [6, 6.07) is 3.50. The summed E-state index contributed by atoms with van der Waals surface area (Å²) in [5, 5.41) is 7.03. The minimum absolute atomic E-state index is 0.0778. The molecule has 6 rings (SSSR count). The molecular formula is C36H51ClN6O8. The second kappa shape index (κ2) is 16.0. The number of nitrogens with one attached hydrogen (secondary N) is 2. The van der Waals surface area contributed by atoms with Crippen LogP contribution in [0.5, 0.6) is 11.5 Å². The molecule has 51 heavy (non-hydrogen) atoms. The summed E-state index contributed by atoms with van der Waals surface area (Å²) in [6.45, 7) is 10.9. The van der Waals surface area contributed by atoms with Crippen LogP contribution in [0.3, 0.4) is 0 Å². The van der Waals surface area contributed by atoms with Crippen molar-refractivity contribution in [2.24, 2.45) is 23.0 Å². The van der Waals surface area contributed by atoms with Crippen molar-refractivity contribution in [1.82, 2.24) is 20.1 Å². The number of benzene rings is 1. The van der Waals surface area contributed by atoms with Gasteiger partial charge in [0.25, 0.3) is 0 Å². The van der Waals surface area contributed by atoms with E-state index in [0.717, 1.165) is 32.5 Å². The Balaban J connectivity index is 1.19. The van der Waals surface area contributed by atoms with E-state index in [0.29, 0.717) is 78.1 Å². The number of carbonyl (C=O) groups excluding carboxylic acids is 3. The number of anilines is 1. The van der Waals surface area contributed by atoms with Crippen LogP contribution in [0.25, 0.3) is 10.9 Å². The summed E-state index contributed by atoms with van der Waals surface area (Å²) < 4.78 is 29.0. The van der Waals surface area contributed by atoms with Crippen molar-refractivity contribution in [2.75, 3.05) is 71.6 Å². The van der Waals surface area contributed by atoms with Crippen molar-refractivity contribution in [3.05, 3.63) is 23.2 Å². The van der Waals surface area contributed by atoms with Crippen LogP contribution in [-0.2, 0) is 23.8 Å². The van der Waals surface area contributed by atoms with E-state index in [1.54, 1.807) is 19.2 Å². The van der Waals surface area contributed by atoms with E-state index in [4.69, 9.17) is 46.0 Å². The number of aromatic nitrogens is 1. The van der Waals surface area contributed by atoms with E-state index in [-0.39, 0.29) is 19.1 Å². The van der Waals surface area contributed by atoms with Gasteiger partial charge in [0.05, 0.1) is 31.9 Å². The summed E-state index contributed by atoms with van der Waals surface area (Å²) in [6.07, 6.45) is 1.74. The van der Waals surface area contributed by atoms with Crippen LogP contribution in [-0.4, -0.2) is 123 Å². The first-order valence-electron chi connectivity index (χ1n) is 17.9. The maximum Gasteiger partial charge on any atom is 0.408 e. The minimum Gasteiger partial charge on any atom is -0.491 e. The average molecular weight is 731 g/mol. The molecule has 2 saturated carbocycles. The van der Waals surface area contributed by atoms with Gasteiger partial charge in [-0.2, -0.15) is 0 Å². The van der Waals surface area contributed by atoms with Gasteiger partial charge in [-0.05, 0) is 48.6 Å². The second-order valence-corrected chi connectivity index (χ2v) is 15.5. The summed E-state index contributed by atoms with van der Waals surface area (Å²) in [4.78, 5) is 48.3. The summed E-state index contributed by atoms with van der Waals surface area (Å²) in [5.74, 6) is 1.69. The Kier molecular flexibility index (Phi) is 11.6. The van der Waals surface area contributed by atoms with Crippen LogP contribution in [0.1, 0.15) is 46.5 Å². The molecule has 4 aliphatic rings. The lowest BCUT2D eigenvalue weighted by atomic mass is 9.85. The van der Waals surface area contributed by atoms with Crippen LogP contribution >= 0.6 is 11.6 Å². The molecule has 2 aromatic rings. The van der Waals surface area contributed by atoms with Crippen molar-refractivity contribution in [3.8, 4) is 11.5 Å². The number of hydrogen-bond acceptors (Lipinski definition) is 11. The SMILES string of the molecule is COCCNc1cc(OC2C[C@@H](C(N)=O)N(C(=O)[C@@H](NC(=O)O[C@@H]3C[C@@H]4C[C@@H]4C3)C(C)(C)C)C2)c2ccc(OCCN3CCOCC3)c(Cl)c2n1. The molecule has 280 valence electrons. The Morgan fingerprint density at radius 1 is 1.06 bits per heavy atom. The highest BCUT2D eigenvalue weighted by Gasteiger charge is 2.48. The number of primary amides is 1. The lowest BCUT2D eigenvalue weighted by Crippen LogP contribution is -2.57. The van der Waals surface area contributed by atoms with E-state index in [1.807, 2.05) is 26.8 Å². The van der Waals surface area contributed by atoms with Crippen molar-refractivity contribution >= 4 is 46.2 Å². The van der Waals surface area contributed by atoms with Crippen molar-refractivity contribution < 1.29 is 38.1 Å². The average Bonchev–Trinajstić information content (AvgIpc) is 3.47. The minimum atomic E-state index is -0.958. The van der Waals surface area contributed by atoms with Gasteiger partial charge >= 0.3 is 6.09 Å². The number of hydrogen-bond donors (Lipinski definition) is 3. The van der Waals surface area contributed by atoms with Crippen LogP contribution in [0.4, 0.5) is 10.6 Å². The molecule has 1 aromatic carbocycles. The zero-order valence-electron chi connectivity index (χ0n) is 30.0. The highest BCUT2D eigenvalue weighted by molar-refractivity contribution is 6.36. The molecule has 4 N–H and O–H groups in total. The molecule has 2 aliphatic heterocycles. The number of amides is 3. The van der Waals surface area contributed by atoms with Crippen LogP contribution < -0.4 is 25.8 Å². The fraction of sp³-hybridized carbons (Fsp3) is 0.667. The van der Waals surface area contributed by atoms with E-state index in [9.17, 15) is 14.4 Å². The quantitative estimate of drug-likeness (QED) is 0.244. The van der Waals surface area contributed by atoms with Crippen LogP contribution in [0, 0.1) is 17.3 Å². The fourth-order valence-electron chi connectivity index (χ4n) is 7.35. The lowest BCUT2D eigenvalue weighted by molar-refractivity contribution is -0.141. The van der Waals surface area contributed by atoms with Crippen LogP contribution in [0.15, 0.2) is 18.2 Å². The second-order valence-electron chi connectivity index (χ2n) is 15.1. The standard InChI is InChI=1S/C36H51ClN6O8/c1-36(2,3)32(41-35(46)51-23-16-21-15-22(21)17-23)34(45)43-20-24(18-26(43)33(38)44)50-28-19-29(39-7-11-47-4)40-31-25(28)5-6-27(30(31)37)49-14-10-42-8-12-48-13-9-42/h5-6,19,21-24,26,32H,7-18,20H2,1-4H3,(H2,38,44)(H,39,40)(H,41,46)/t21-,22+,23+,24?,26-,32+/m0/s1. The number of alkyl carbamates (subject to hydrolysis) is 1. The first-order valence-corrected chi connectivity index (χ1v) is 18.3. The maximum atomic E-state index is 14.1. The Morgan fingerprint density at radius 2 is 1.80 bits per heavy atom. The summed E-state index contributed by atoms with van der Waals surface area (Å²) in [5.41, 5.74) is 5.65. The van der Waals surface area contributed by atoms with Gasteiger partial charge in [0, 0.05) is 51.2 Å². The molecule has 1 unspecified atom stereocenters. The Bertz CT molecular complexity index is 1570. The molecule has 0 spiro atoms. The third-order valence-electron chi connectivity index (χ3n) is 10.2. The molecule has 14 nitrogen and oxygen atoms in total. The molecular weight excluding hydrogens is 680 g/mol. The number of halogens is 1. The molecule has 2 saturated heterocycles. The predicted octanol–water partition coefficient (Wildman–Crippen LogP) is 3.43. The number of rotatable bonds is 14. The largest absolute Gasteiger partial charge is 0.491 e. The molecule has 3 heterocycles. The monoisotopic (exact) mass is 730 g/mol. The number of morpholine rings is 1. The van der Waals surface area contributed by atoms with Gasteiger partial charge in [-0.25, -0.2) is 9.78 Å². The number of methoxy groups -OCH3 is 1. The smallest absolute Gasteiger partial charge is 0.408 e. The molecule has 6 atom stereocenters. The maximum absolute atomic E-state index is 14.1. The Hall–Kier alpha value is -3.59. The topological polar surface area (TPSA) is 167 Å². The Morgan fingerprint density at radius 3 is 2.49 bits per heavy atom. The number of carbonyl (C=O) groups is 3. The van der Waals surface area contributed by atoms with Gasteiger partial charge < -0.3 is 45.0 Å². The van der Waals surface area contributed by atoms with Gasteiger partial charge in [-0.3, -0.25) is 14.5 Å². The molecule has 0 radical (unpaired) electrons. The van der Waals surface area contributed by atoms with Gasteiger partial charge in [-0.1, -0.05) is 32.4 Å². The normalized spacial score (nSPS) is 25.3. The fourth-order valence-corrected chi connectivity index (χ4v) is 7.61. The molecule has 3 amide bonds. The third kappa shape index (κ3) is 9.08. The number of ether oxygens (including phenoxy) is 5. The number of nitrogens with zero attached hydrogens (tertiary/aromatic N) is 3. The summed E-state index contributed by atoms with van der Waals surface area (Å²) >= 11 is 6.91. The summed E-state index contributed by atoms with van der Waals surface area (Å²) in [7, 11) is 1.62. The highest BCUT2D eigenvalue weighted by atomic mass is 35.5. The molecule has 1 aromatic heterocycles. The molecule has 4 fully saturated rings. The molecule has 0 bridgehead atoms. The number of nitrogens with two attached hydrogens (primary N) is 1. The highest BCUT2D eigenvalue weighted by Crippen LogP contribution is 2.52. The van der Waals surface area contributed by atoms with Crippen molar-refractivity contribution in [2.45, 2.75) is 70.7 Å². The van der Waals surface area contributed by atoms with Gasteiger partial charge in [0.2, 0.25) is 11.8 Å². The lowest BCUT2D eigenvalue weighted by Gasteiger charge is -2.35. The number of fused-ring (bicyclic) bond motifs is 2. The predicted molar refractivity (Wildman–Crippen MR) is 191 cm³/mol. The van der Waals surface area contributed by atoms with Crippen molar-refractivity contribution in [1.29, 1.82) is 0 Å². The zero-order valence-corrected chi connectivity index (χ0v) is 30.7. The number of pyridine rings is 1. The zero-order chi connectivity index (χ0) is 36.3. The van der Waals surface area contributed by atoms with Gasteiger partial charge in [-0.15, -0.1) is 0 Å². The van der Waals surface area contributed by atoms with E-state index >= 15 is 0 Å². The van der Waals surface area contributed by atoms with Gasteiger partial charge in [0.1, 0.15) is 53.2 Å². The first kappa shape index (κ1) is 37.2. The first-order chi connectivity index (χ1) is 24.4. The van der Waals surface area contributed by atoms with Crippen LogP contribution in [0.2, 0.25) is 5.02 Å². The Labute approximate surface area is 303 Å². The van der Waals surface area contributed by atoms with E-state index in [1.165, 1.54) is 11.3 Å². The van der Waals surface area contributed by atoms with Crippen molar-refractivity contribution in [3.63, 3.8) is 0 Å². The van der Waals surface area contributed by atoms with E-state index < -0.39 is 41.5 Å². The van der Waals surface area contributed by atoms with E-state index in [2.05, 4.69) is 15.5 Å². The van der Waals surface area contributed by atoms with Gasteiger partial charge in [0.15, 0.2) is 0 Å². The molecule has 2 aliphatic carbocycles. The number of likely N-dealkylation sites (tertiary alicyclic amines) is 1.